The zero-order valence-electron chi connectivity index (χ0n) is 15.5. The molecular weight excluding hydrogens is 387 g/mol. The van der Waals surface area contributed by atoms with Crippen molar-refractivity contribution in [3.05, 3.63) is 48.5 Å². The minimum absolute atomic E-state index is 0. The first-order valence-corrected chi connectivity index (χ1v) is 10.2. The summed E-state index contributed by atoms with van der Waals surface area (Å²) in [6.45, 7) is 4.61. The molecule has 3 nitrogen and oxygen atoms in total. The number of phenols is 1. The van der Waals surface area contributed by atoms with Gasteiger partial charge in [-0.15, -0.1) is 35.1 Å². The molecule has 0 saturated carbocycles. The van der Waals surface area contributed by atoms with E-state index in [1.165, 1.54) is 9.79 Å². The summed E-state index contributed by atoms with van der Waals surface area (Å²) in [5.74, 6) is 2.00. The van der Waals surface area contributed by atoms with Crippen LogP contribution in [-0.2, 0) is 0 Å². The average molecular weight is 413 g/mol. The second kappa shape index (κ2) is 20.3. The van der Waals surface area contributed by atoms with Crippen LogP contribution in [0.15, 0.2) is 58.3 Å². The van der Waals surface area contributed by atoms with Gasteiger partial charge in [0.15, 0.2) is 0 Å². The number of aromatic hydroxyl groups is 1. The van der Waals surface area contributed by atoms with Gasteiger partial charge < -0.3 is 15.3 Å². The van der Waals surface area contributed by atoms with E-state index in [1.54, 1.807) is 35.7 Å². The zero-order chi connectivity index (χ0) is 17.5. The Hall–Kier alpha value is -0.0100. The van der Waals surface area contributed by atoms with Crippen LogP contribution in [-0.4, -0.2) is 35.6 Å². The van der Waals surface area contributed by atoms with Gasteiger partial charge >= 0.3 is 29.6 Å². The molecule has 25 heavy (non-hydrogen) atoms. The fourth-order valence-corrected chi connectivity index (χ4v) is 2.24. The van der Waals surface area contributed by atoms with E-state index < -0.39 is 0 Å². The van der Waals surface area contributed by atoms with E-state index in [2.05, 4.69) is 18.4 Å². The van der Waals surface area contributed by atoms with Crippen molar-refractivity contribution in [2.45, 2.75) is 23.6 Å². The smallest absolute Gasteiger partial charge is 0.870 e. The van der Waals surface area contributed by atoms with E-state index >= 15 is 0 Å². The maximum Gasteiger partial charge on any atom is 1.00 e. The van der Waals surface area contributed by atoms with E-state index in [0.29, 0.717) is 5.75 Å². The van der Waals surface area contributed by atoms with Gasteiger partial charge in [-0.2, -0.15) is 0 Å². The summed E-state index contributed by atoms with van der Waals surface area (Å²) in [7, 11) is 0. The molecular formula is C18H26ClNaO3S2. The van der Waals surface area contributed by atoms with E-state index in [1.807, 2.05) is 44.4 Å². The van der Waals surface area contributed by atoms with Crippen LogP contribution in [0.1, 0.15) is 13.8 Å². The summed E-state index contributed by atoms with van der Waals surface area (Å²) in [4.78, 5) is 2.45. The van der Waals surface area contributed by atoms with E-state index in [0.717, 1.165) is 18.2 Å². The van der Waals surface area contributed by atoms with Gasteiger partial charge in [-0.25, -0.2) is 0 Å². The Kier molecular flexibility index (Phi) is 24.2. The van der Waals surface area contributed by atoms with Gasteiger partial charge in [0.25, 0.3) is 0 Å². The number of alkyl halides is 1. The van der Waals surface area contributed by atoms with Gasteiger partial charge in [0, 0.05) is 15.7 Å². The van der Waals surface area contributed by atoms with Gasteiger partial charge in [0.2, 0.25) is 0 Å². The van der Waals surface area contributed by atoms with Gasteiger partial charge in [-0.1, -0.05) is 6.92 Å². The predicted octanol–water partition coefficient (Wildman–Crippen LogP) is 2.99. The monoisotopic (exact) mass is 412 g/mol. The standard InChI is InChI=1S/C9H12OS.C7H8OS.C2H5Cl.Na.H2O/c1-3-10-8-4-6-9(11-2)7-5-8;1-9-7-4-2-6(8)3-5-7;1-2-3;;/h4-7H,3H2,1-2H3;2-5,8H,1H3;2H2,1H3;;1H2/q;;;+1;/p-1. The zero-order valence-corrected chi connectivity index (χ0v) is 19.9. The molecule has 0 atom stereocenters. The van der Waals surface area contributed by atoms with Crippen molar-refractivity contribution in [3.8, 4) is 11.5 Å². The van der Waals surface area contributed by atoms with Crippen LogP contribution in [0.2, 0.25) is 0 Å². The SMILES string of the molecule is CCCl.CCOc1ccc(SC)cc1.CSc1ccc(O)cc1.[Na+].[OH-]. The molecule has 7 heteroatoms. The molecule has 2 rings (SSSR count). The molecule has 0 heterocycles. The van der Waals surface area contributed by atoms with Crippen LogP contribution in [0.25, 0.3) is 0 Å². The fourth-order valence-electron chi connectivity index (χ4n) is 1.42. The molecule has 0 spiro atoms. The molecule has 136 valence electrons. The summed E-state index contributed by atoms with van der Waals surface area (Å²) in [6, 6.07) is 15.3. The second-order valence-electron chi connectivity index (χ2n) is 4.07. The summed E-state index contributed by atoms with van der Waals surface area (Å²) >= 11 is 8.40. The Morgan fingerprint density at radius 2 is 1.24 bits per heavy atom. The van der Waals surface area contributed by atoms with Crippen molar-refractivity contribution in [3.63, 3.8) is 0 Å². The largest absolute Gasteiger partial charge is 1.00 e. The summed E-state index contributed by atoms with van der Waals surface area (Å²) in [5.41, 5.74) is 0. The number of benzene rings is 2. The molecule has 0 aliphatic rings. The van der Waals surface area contributed by atoms with Crippen molar-refractivity contribution in [1.82, 2.24) is 0 Å². The van der Waals surface area contributed by atoms with Crippen molar-refractivity contribution in [1.29, 1.82) is 0 Å². The number of rotatable bonds is 4. The van der Waals surface area contributed by atoms with Gasteiger partial charge in [-0.05, 0) is 68.0 Å². The number of thioether (sulfide) groups is 2. The normalized spacial score (nSPS) is 8.36. The summed E-state index contributed by atoms with van der Waals surface area (Å²) in [5, 5.41) is 8.84. The Labute approximate surface area is 187 Å². The topological polar surface area (TPSA) is 59.5 Å². The molecule has 0 unspecified atom stereocenters. The van der Waals surface area contributed by atoms with Crippen molar-refractivity contribution < 1.29 is 44.9 Å². The van der Waals surface area contributed by atoms with Crippen LogP contribution in [0, 0.1) is 0 Å². The fraction of sp³-hybridized carbons (Fsp3) is 0.333. The number of hydrogen-bond acceptors (Lipinski definition) is 5. The first kappa shape index (κ1) is 29.7. The van der Waals surface area contributed by atoms with Crippen LogP contribution < -0.4 is 34.3 Å². The molecule has 0 fully saturated rings. The minimum Gasteiger partial charge on any atom is -0.870 e. The Bertz CT molecular complexity index is 511. The summed E-state index contributed by atoms with van der Waals surface area (Å²) < 4.78 is 5.30. The van der Waals surface area contributed by atoms with Crippen LogP contribution in [0.3, 0.4) is 0 Å². The maximum absolute atomic E-state index is 8.84. The molecule has 0 aliphatic heterocycles. The molecule has 0 aromatic heterocycles. The van der Waals surface area contributed by atoms with Gasteiger partial charge in [0.05, 0.1) is 6.61 Å². The maximum atomic E-state index is 8.84. The number of hydrogen-bond donors (Lipinski definition) is 1. The van der Waals surface area contributed by atoms with Crippen LogP contribution in [0.5, 0.6) is 11.5 Å². The van der Waals surface area contributed by atoms with Crippen molar-refractivity contribution in [2.75, 3.05) is 25.0 Å². The number of phenolic OH excluding ortho intramolecular Hbond substituents is 1. The third kappa shape index (κ3) is 15.9. The molecule has 0 bridgehead atoms. The Morgan fingerprint density at radius 3 is 1.56 bits per heavy atom. The minimum atomic E-state index is 0. The number of halogens is 1. The predicted molar refractivity (Wildman–Crippen MR) is 108 cm³/mol. The first-order valence-electron chi connectivity index (χ1n) is 7.27. The average Bonchev–Trinajstić information content (AvgIpc) is 2.58. The van der Waals surface area contributed by atoms with E-state index in [4.69, 9.17) is 21.4 Å². The molecule has 0 aliphatic carbocycles. The molecule has 2 N–H and O–H groups in total. The van der Waals surface area contributed by atoms with Gasteiger partial charge in [-0.3, -0.25) is 0 Å². The van der Waals surface area contributed by atoms with E-state index in [-0.39, 0.29) is 35.0 Å². The van der Waals surface area contributed by atoms with Gasteiger partial charge in [0.1, 0.15) is 11.5 Å². The van der Waals surface area contributed by atoms with Crippen molar-refractivity contribution in [2.24, 2.45) is 0 Å². The second-order valence-corrected chi connectivity index (χ2v) is 6.37. The van der Waals surface area contributed by atoms with Crippen molar-refractivity contribution >= 4 is 35.1 Å². The Morgan fingerprint density at radius 1 is 0.880 bits per heavy atom. The molecule has 0 amide bonds. The molecule has 0 radical (unpaired) electrons. The quantitative estimate of drug-likeness (QED) is 0.475. The Balaban J connectivity index is -0.000000317. The van der Waals surface area contributed by atoms with Crippen LogP contribution in [0.4, 0.5) is 0 Å². The first-order chi connectivity index (χ1) is 11.1. The van der Waals surface area contributed by atoms with E-state index in [9.17, 15) is 0 Å². The summed E-state index contributed by atoms with van der Waals surface area (Å²) in [6.07, 6.45) is 4.07. The van der Waals surface area contributed by atoms with Crippen LogP contribution >= 0.6 is 35.1 Å². The molecule has 2 aromatic rings. The number of ether oxygens (including phenoxy) is 1. The molecule has 2 aromatic carbocycles. The third-order valence-corrected chi connectivity index (χ3v) is 3.93. The third-order valence-electron chi connectivity index (χ3n) is 2.44. The molecule has 0 saturated heterocycles.